The van der Waals surface area contributed by atoms with E-state index in [2.05, 4.69) is 15.9 Å². The smallest absolute Gasteiger partial charge is 0.342 e. The van der Waals surface area contributed by atoms with Crippen molar-refractivity contribution in [2.75, 3.05) is 7.11 Å². The highest BCUT2D eigenvalue weighted by atomic mass is 79.9. The number of phenolic OH excluding ortho intramolecular Hbond substituents is 1. The van der Waals surface area contributed by atoms with E-state index >= 15 is 0 Å². The lowest BCUT2D eigenvalue weighted by atomic mass is 10.1. The molecule has 5 nitrogen and oxygen atoms in total. The minimum absolute atomic E-state index is 0.0266. The fourth-order valence-electron chi connectivity index (χ4n) is 1.94. The van der Waals surface area contributed by atoms with Crippen LogP contribution in [0.3, 0.4) is 0 Å². The summed E-state index contributed by atoms with van der Waals surface area (Å²) in [5, 5.41) is 9.82. The predicted octanol–water partition coefficient (Wildman–Crippen LogP) is 3.59. The molecule has 6 heteroatoms. The standard InChI is InChI=1S/C17H15BrO5/c1-10(16(20)11-3-5-12(18)6-4-11)23-17(21)14-8-7-13(22-2)9-15(14)19/h3-10,19H,1-2H3/t10-/m1/s1. The summed E-state index contributed by atoms with van der Waals surface area (Å²) in [4.78, 5) is 24.3. The Balaban J connectivity index is 2.10. The van der Waals surface area contributed by atoms with Gasteiger partial charge in [0.15, 0.2) is 6.10 Å². The van der Waals surface area contributed by atoms with Crippen LogP contribution in [0.5, 0.6) is 11.5 Å². The molecule has 2 aromatic rings. The zero-order valence-corrected chi connectivity index (χ0v) is 14.2. The van der Waals surface area contributed by atoms with Crippen LogP contribution in [0, 0.1) is 0 Å². The largest absolute Gasteiger partial charge is 0.507 e. The normalized spacial score (nSPS) is 11.6. The fraction of sp³-hybridized carbons (Fsp3) is 0.176. The monoisotopic (exact) mass is 378 g/mol. The van der Waals surface area contributed by atoms with Crippen LogP contribution in [0.15, 0.2) is 46.9 Å². The van der Waals surface area contributed by atoms with E-state index in [4.69, 9.17) is 9.47 Å². The Morgan fingerprint density at radius 1 is 1.13 bits per heavy atom. The summed E-state index contributed by atoms with van der Waals surface area (Å²) in [7, 11) is 1.45. The first kappa shape index (κ1) is 17.0. The van der Waals surface area contributed by atoms with E-state index in [1.54, 1.807) is 24.3 Å². The van der Waals surface area contributed by atoms with Crippen LogP contribution in [-0.2, 0) is 4.74 Å². The lowest BCUT2D eigenvalue weighted by Gasteiger charge is -2.13. The number of Topliss-reactive ketones (excluding diaryl/α,β-unsaturated/α-hetero) is 1. The molecule has 0 heterocycles. The van der Waals surface area contributed by atoms with Crippen molar-refractivity contribution in [3.63, 3.8) is 0 Å². The van der Waals surface area contributed by atoms with E-state index in [1.165, 1.54) is 32.2 Å². The average Bonchev–Trinajstić information content (AvgIpc) is 2.54. The maximum atomic E-state index is 12.2. The number of halogens is 1. The molecule has 0 fully saturated rings. The van der Waals surface area contributed by atoms with Crippen molar-refractivity contribution in [2.45, 2.75) is 13.0 Å². The Bertz CT molecular complexity index is 724. The number of hydrogen-bond donors (Lipinski definition) is 1. The number of carbonyl (C=O) groups excluding carboxylic acids is 2. The number of rotatable bonds is 5. The number of hydrogen-bond acceptors (Lipinski definition) is 5. The number of ether oxygens (including phenoxy) is 2. The highest BCUT2D eigenvalue weighted by Gasteiger charge is 2.22. The Morgan fingerprint density at radius 3 is 2.35 bits per heavy atom. The first-order chi connectivity index (χ1) is 10.9. The van der Waals surface area contributed by atoms with Gasteiger partial charge in [-0.2, -0.15) is 0 Å². The Kier molecular flexibility index (Phi) is 5.39. The van der Waals surface area contributed by atoms with Crippen molar-refractivity contribution < 1.29 is 24.2 Å². The quantitative estimate of drug-likeness (QED) is 0.635. The van der Waals surface area contributed by atoms with E-state index in [9.17, 15) is 14.7 Å². The summed E-state index contributed by atoms with van der Waals surface area (Å²) < 4.78 is 10.9. The van der Waals surface area contributed by atoms with Crippen molar-refractivity contribution >= 4 is 27.7 Å². The minimum Gasteiger partial charge on any atom is -0.507 e. The molecule has 2 aromatic carbocycles. The highest BCUT2D eigenvalue weighted by Crippen LogP contribution is 2.24. The molecule has 1 atom stereocenters. The molecule has 0 saturated carbocycles. The molecule has 120 valence electrons. The molecule has 0 aliphatic carbocycles. The summed E-state index contributed by atoms with van der Waals surface area (Å²) in [5.41, 5.74) is 0.411. The van der Waals surface area contributed by atoms with Gasteiger partial charge in [0, 0.05) is 16.1 Å². The van der Waals surface area contributed by atoms with Crippen molar-refractivity contribution in [3.8, 4) is 11.5 Å². The molecular weight excluding hydrogens is 364 g/mol. The van der Waals surface area contributed by atoms with Crippen LogP contribution in [-0.4, -0.2) is 30.1 Å². The Labute approximate surface area is 142 Å². The van der Waals surface area contributed by atoms with E-state index in [0.29, 0.717) is 11.3 Å². The molecule has 0 unspecified atom stereocenters. The topological polar surface area (TPSA) is 72.8 Å². The second-order valence-electron chi connectivity index (χ2n) is 4.80. The molecule has 0 radical (unpaired) electrons. The van der Waals surface area contributed by atoms with Crippen LogP contribution < -0.4 is 4.74 Å². The van der Waals surface area contributed by atoms with Crippen molar-refractivity contribution in [2.24, 2.45) is 0 Å². The molecule has 0 saturated heterocycles. The van der Waals surface area contributed by atoms with Gasteiger partial charge in [-0.05, 0) is 31.2 Å². The van der Waals surface area contributed by atoms with Gasteiger partial charge in [0.2, 0.25) is 5.78 Å². The van der Waals surface area contributed by atoms with Gasteiger partial charge >= 0.3 is 5.97 Å². The molecule has 2 rings (SSSR count). The van der Waals surface area contributed by atoms with E-state index in [-0.39, 0.29) is 17.1 Å². The molecule has 1 N–H and O–H groups in total. The first-order valence-electron chi connectivity index (χ1n) is 6.80. The third kappa shape index (κ3) is 4.10. The number of methoxy groups -OCH3 is 1. The van der Waals surface area contributed by atoms with Gasteiger partial charge < -0.3 is 14.6 Å². The van der Waals surface area contributed by atoms with Gasteiger partial charge in [-0.15, -0.1) is 0 Å². The zero-order chi connectivity index (χ0) is 17.0. The predicted molar refractivity (Wildman–Crippen MR) is 88.0 cm³/mol. The number of phenols is 1. The summed E-state index contributed by atoms with van der Waals surface area (Å²) in [6, 6.07) is 11.0. The first-order valence-corrected chi connectivity index (χ1v) is 7.59. The average molecular weight is 379 g/mol. The number of ketones is 1. The second kappa shape index (κ2) is 7.28. The summed E-state index contributed by atoms with van der Waals surface area (Å²) in [6.45, 7) is 1.49. The third-order valence-corrected chi connectivity index (χ3v) is 3.74. The molecule has 0 bridgehead atoms. The third-order valence-electron chi connectivity index (χ3n) is 3.21. The van der Waals surface area contributed by atoms with Crippen LogP contribution in [0.25, 0.3) is 0 Å². The number of benzene rings is 2. The number of aromatic hydroxyl groups is 1. The SMILES string of the molecule is COc1ccc(C(=O)O[C@H](C)C(=O)c2ccc(Br)cc2)c(O)c1. The van der Waals surface area contributed by atoms with Crippen LogP contribution in [0.2, 0.25) is 0 Å². The molecule has 0 aromatic heterocycles. The molecule has 0 aliphatic heterocycles. The maximum Gasteiger partial charge on any atom is 0.342 e. The molecule has 0 amide bonds. The van der Waals surface area contributed by atoms with Crippen molar-refractivity contribution in [1.82, 2.24) is 0 Å². The van der Waals surface area contributed by atoms with Gasteiger partial charge in [-0.25, -0.2) is 4.79 Å². The maximum absolute atomic E-state index is 12.2. The summed E-state index contributed by atoms with van der Waals surface area (Å²) in [5.74, 6) is -0.947. The fourth-order valence-corrected chi connectivity index (χ4v) is 2.20. The van der Waals surface area contributed by atoms with Gasteiger partial charge in [0.05, 0.1) is 7.11 Å². The number of carbonyl (C=O) groups is 2. The highest BCUT2D eigenvalue weighted by molar-refractivity contribution is 9.10. The van der Waals surface area contributed by atoms with E-state index in [0.717, 1.165) is 4.47 Å². The lowest BCUT2D eigenvalue weighted by molar-refractivity contribution is 0.0316. The van der Waals surface area contributed by atoms with Crippen molar-refractivity contribution in [1.29, 1.82) is 0 Å². The molecule has 23 heavy (non-hydrogen) atoms. The lowest BCUT2D eigenvalue weighted by Crippen LogP contribution is -2.24. The van der Waals surface area contributed by atoms with Crippen LogP contribution in [0.1, 0.15) is 27.6 Å². The van der Waals surface area contributed by atoms with Crippen molar-refractivity contribution in [3.05, 3.63) is 58.1 Å². The van der Waals surface area contributed by atoms with E-state index in [1.807, 2.05) is 0 Å². The Morgan fingerprint density at radius 2 is 1.78 bits per heavy atom. The van der Waals surface area contributed by atoms with Gasteiger partial charge in [-0.1, -0.05) is 28.1 Å². The van der Waals surface area contributed by atoms with E-state index < -0.39 is 12.1 Å². The number of esters is 1. The minimum atomic E-state index is -0.967. The van der Waals surface area contributed by atoms with Gasteiger partial charge in [0.1, 0.15) is 17.1 Å². The van der Waals surface area contributed by atoms with Gasteiger partial charge in [-0.3, -0.25) is 4.79 Å². The van der Waals surface area contributed by atoms with Crippen LogP contribution >= 0.6 is 15.9 Å². The Hall–Kier alpha value is -2.34. The summed E-state index contributed by atoms with van der Waals surface area (Å²) in [6.07, 6.45) is -0.967. The molecule has 0 spiro atoms. The molecule has 0 aliphatic rings. The van der Waals surface area contributed by atoms with Gasteiger partial charge in [0.25, 0.3) is 0 Å². The summed E-state index contributed by atoms with van der Waals surface area (Å²) >= 11 is 3.29. The second-order valence-corrected chi connectivity index (χ2v) is 5.72. The molecular formula is C17H15BrO5. The zero-order valence-electron chi connectivity index (χ0n) is 12.6. The van der Waals surface area contributed by atoms with Crippen LogP contribution in [0.4, 0.5) is 0 Å².